The first-order chi connectivity index (χ1) is 20.8. The maximum Gasteiger partial charge on any atom is 0.410 e. The number of rotatable bonds is 17. The van der Waals surface area contributed by atoms with Gasteiger partial charge in [0.1, 0.15) is 5.60 Å². The lowest BCUT2D eigenvalue weighted by molar-refractivity contribution is -0.132. The molecule has 1 rings (SSSR count). The van der Waals surface area contributed by atoms with Crippen LogP contribution in [-0.2, 0) is 9.53 Å². The summed E-state index contributed by atoms with van der Waals surface area (Å²) in [6.07, 6.45) is 9.51. The lowest BCUT2D eigenvalue weighted by atomic mass is 9.84. The second-order valence-electron chi connectivity index (χ2n) is 14.2. The number of ether oxygens (including phenoxy) is 1. The van der Waals surface area contributed by atoms with Crippen molar-refractivity contribution in [1.29, 1.82) is 0 Å². The van der Waals surface area contributed by atoms with E-state index in [-0.39, 0.29) is 12.0 Å². The van der Waals surface area contributed by atoms with Crippen molar-refractivity contribution in [3.63, 3.8) is 0 Å². The third kappa shape index (κ3) is 14.5. The van der Waals surface area contributed by atoms with E-state index in [1.54, 1.807) is 11.0 Å². The predicted octanol–water partition coefficient (Wildman–Crippen LogP) is 10.1. The maximum atomic E-state index is 13.0. The average Bonchev–Trinajstić information content (AvgIpc) is 3.75. The van der Waals surface area contributed by atoms with Crippen LogP contribution in [-0.4, -0.2) is 53.5 Å². The highest BCUT2D eigenvalue weighted by atomic mass is 16.6. The Morgan fingerprint density at radius 1 is 1.02 bits per heavy atom. The molecular weight excluding hydrogens is 560 g/mol. The number of allylic oxidation sites excluding steroid dienone is 9. The molecule has 1 aliphatic rings. The molecule has 45 heavy (non-hydrogen) atoms. The van der Waals surface area contributed by atoms with Crippen molar-refractivity contribution in [3.8, 4) is 0 Å². The Labute approximate surface area is 274 Å². The number of hydrogen-bond acceptors (Lipinski definition) is 4. The SMILES string of the molecule is C=C(C)C/C(=C\C=C(/C)C(C)\C=C(C(/C(C)=N\C)=C(\CC(=C)CCN(CC(C)C)C(=O)OC(C)(C)C)C(=C)C)\C1CC1)C(=O)O. The van der Waals surface area contributed by atoms with Crippen molar-refractivity contribution in [2.75, 3.05) is 20.1 Å². The summed E-state index contributed by atoms with van der Waals surface area (Å²) in [7, 11) is 1.82. The lowest BCUT2D eigenvalue weighted by Gasteiger charge is -2.29. The highest BCUT2D eigenvalue weighted by Crippen LogP contribution is 2.44. The van der Waals surface area contributed by atoms with Crippen LogP contribution in [0, 0.1) is 17.8 Å². The Bertz CT molecular complexity index is 1280. The summed E-state index contributed by atoms with van der Waals surface area (Å²) in [6.45, 7) is 33.8. The van der Waals surface area contributed by atoms with E-state index < -0.39 is 11.6 Å². The van der Waals surface area contributed by atoms with Gasteiger partial charge in [-0.3, -0.25) is 4.99 Å². The summed E-state index contributed by atoms with van der Waals surface area (Å²) in [5.74, 6) is -0.0791. The lowest BCUT2D eigenvalue weighted by Crippen LogP contribution is -2.39. The quantitative estimate of drug-likeness (QED) is 0.0759. The molecule has 6 nitrogen and oxygen atoms in total. The molecule has 1 fully saturated rings. The second kappa shape index (κ2) is 17.9. The molecular formula is C39H60N2O4. The summed E-state index contributed by atoms with van der Waals surface area (Å²) in [5, 5.41) is 9.61. The standard InChI is InChI=1S/C39H60N2O4/c1-25(2)21-33(37(42)43)16-15-29(8)30(9)23-35(32-17-18-32)36(31(10)40-14)34(27(5)6)22-28(7)19-20-41(24-26(3)4)38(44)45-39(11,12)13/h15-16,23,26,30,32H,1,5,7,17-22,24H2,2-4,6,8-14H3,(H,42,43)/b29-15+,33-16+,35-23-,36-34+,40-31-. The van der Waals surface area contributed by atoms with Gasteiger partial charge in [-0.1, -0.05) is 81.0 Å². The Hall–Kier alpha value is -3.41. The number of amides is 1. The minimum absolute atomic E-state index is 0.0874. The summed E-state index contributed by atoms with van der Waals surface area (Å²) in [4.78, 5) is 31.1. The number of aliphatic carboxylic acids is 1. The molecule has 1 N–H and O–H groups in total. The molecule has 1 unspecified atom stereocenters. The molecule has 0 bridgehead atoms. The number of carbonyl (C=O) groups is 2. The molecule has 250 valence electrons. The van der Waals surface area contributed by atoms with E-state index in [0.29, 0.717) is 49.8 Å². The molecule has 0 heterocycles. The van der Waals surface area contributed by atoms with Crippen molar-refractivity contribution in [1.82, 2.24) is 4.90 Å². The Kier molecular flexibility index (Phi) is 15.8. The number of nitrogens with zero attached hydrogens (tertiary/aromatic N) is 2. The zero-order valence-corrected chi connectivity index (χ0v) is 30.1. The summed E-state index contributed by atoms with van der Waals surface area (Å²) in [5.41, 5.74) is 8.14. The van der Waals surface area contributed by atoms with Crippen LogP contribution in [0.25, 0.3) is 0 Å². The van der Waals surface area contributed by atoms with Gasteiger partial charge < -0.3 is 14.7 Å². The number of carbonyl (C=O) groups excluding carboxylic acids is 1. The van der Waals surface area contributed by atoms with Crippen molar-refractivity contribution in [3.05, 3.63) is 82.5 Å². The van der Waals surface area contributed by atoms with Gasteiger partial charge >= 0.3 is 12.1 Å². The van der Waals surface area contributed by atoms with Gasteiger partial charge in [0.25, 0.3) is 0 Å². The second-order valence-corrected chi connectivity index (χ2v) is 14.2. The largest absolute Gasteiger partial charge is 0.478 e. The van der Waals surface area contributed by atoms with Gasteiger partial charge in [-0.25, -0.2) is 9.59 Å². The van der Waals surface area contributed by atoms with Crippen molar-refractivity contribution in [2.45, 2.75) is 107 Å². The Morgan fingerprint density at radius 3 is 2.07 bits per heavy atom. The molecule has 0 radical (unpaired) electrons. The highest BCUT2D eigenvalue weighted by molar-refractivity contribution is 6.03. The van der Waals surface area contributed by atoms with E-state index in [2.05, 4.69) is 58.5 Å². The van der Waals surface area contributed by atoms with Crippen LogP contribution in [0.3, 0.4) is 0 Å². The monoisotopic (exact) mass is 620 g/mol. The topological polar surface area (TPSA) is 79.2 Å². The van der Waals surface area contributed by atoms with Gasteiger partial charge in [-0.15, -0.1) is 0 Å². The molecule has 0 aromatic rings. The maximum absolute atomic E-state index is 13.0. The first-order valence-electron chi connectivity index (χ1n) is 16.2. The highest BCUT2D eigenvalue weighted by Gasteiger charge is 2.31. The van der Waals surface area contributed by atoms with Gasteiger partial charge in [0, 0.05) is 37.0 Å². The molecule has 0 saturated heterocycles. The fraction of sp³-hybridized carbons (Fsp3) is 0.564. The zero-order chi connectivity index (χ0) is 34.6. The van der Waals surface area contributed by atoms with Gasteiger partial charge in [0.05, 0.1) is 0 Å². The minimum Gasteiger partial charge on any atom is -0.478 e. The van der Waals surface area contributed by atoms with Gasteiger partial charge in [0.2, 0.25) is 0 Å². The summed E-state index contributed by atoms with van der Waals surface area (Å²) < 4.78 is 5.69. The molecule has 6 heteroatoms. The van der Waals surface area contributed by atoms with E-state index in [4.69, 9.17) is 4.74 Å². The Morgan fingerprint density at radius 2 is 1.62 bits per heavy atom. The number of carboxylic acids is 1. The molecule has 0 spiro atoms. The first kappa shape index (κ1) is 39.6. The van der Waals surface area contributed by atoms with Crippen LogP contribution >= 0.6 is 0 Å². The Balaban J connectivity index is 3.46. The molecule has 1 atom stereocenters. The van der Waals surface area contributed by atoms with Crippen LogP contribution in [0.15, 0.2) is 87.5 Å². The average molecular weight is 621 g/mol. The number of hydrogen-bond donors (Lipinski definition) is 1. The molecule has 0 aromatic carbocycles. The van der Waals surface area contributed by atoms with Crippen LogP contribution < -0.4 is 0 Å². The van der Waals surface area contributed by atoms with Crippen LogP contribution in [0.4, 0.5) is 4.79 Å². The van der Waals surface area contributed by atoms with Crippen LogP contribution in [0.1, 0.15) is 101 Å². The van der Waals surface area contributed by atoms with Crippen LogP contribution in [0.2, 0.25) is 0 Å². The zero-order valence-electron chi connectivity index (χ0n) is 30.1. The van der Waals surface area contributed by atoms with E-state index in [1.807, 2.05) is 54.7 Å². The normalized spacial score (nSPS) is 16.3. The van der Waals surface area contributed by atoms with Gasteiger partial charge in [-0.2, -0.15) is 0 Å². The molecule has 1 saturated carbocycles. The smallest absolute Gasteiger partial charge is 0.410 e. The number of carboxylic acid groups (broad SMARTS) is 1. The minimum atomic E-state index is -0.923. The third-order valence-electron chi connectivity index (χ3n) is 7.68. The van der Waals surface area contributed by atoms with Crippen molar-refractivity contribution >= 4 is 17.8 Å². The molecule has 0 aromatic heterocycles. The fourth-order valence-electron chi connectivity index (χ4n) is 4.96. The first-order valence-corrected chi connectivity index (χ1v) is 16.2. The van der Waals surface area contributed by atoms with E-state index in [0.717, 1.165) is 52.0 Å². The van der Waals surface area contributed by atoms with Gasteiger partial charge in [-0.05, 0) is 109 Å². The number of aliphatic imine (C=N–C) groups is 1. The molecule has 1 amide bonds. The molecule has 1 aliphatic carbocycles. The van der Waals surface area contributed by atoms with E-state index in [1.165, 1.54) is 5.57 Å². The van der Waals surface area contributed by atoms with Gasteiger partial charge in [0.15, 0.2) is 0 Å². The predicted molar refractivity (Wildman–Crippen MR) is 191 cm³/mol. The summed E-state index contributed by atoms with van der Waals surface area (Å²) in [6, 6.07) is 0. The summed E-state index contributed by atoms with van der Waals surface area (Å²) >= 11 is 0. The van der Waals surface area contributed by atoms with Crippen molar-refractivity contribution < 1.29 is 19.4 Å². The van der Waals surface area contributed by atoms with Crippen molar-refractivity contribution in [2.24, 2.45) is 22.7 Å². The van der Waals surface area contributed by atoms with E-state index in [9.17, 15) is 14.7 Å². The molecule has 0 aliphatic heterocycles. The fourth-order valence-corrected chi connectivity index (χ4v) is 4.96. The third-order valence-corrected chi connectivity index (χ3v) is 7.68. The van der Waals surface area contributed by atoms with Crippen LogP contribution in [0.5, 0.6) is 0 Å². The van der Waals surface area contributed by atoms with E-state index >= 15 is 0 Å².